The average Bonchev–Trinajstić information content (AvgIpc) is 3.12. The molecule has 1 amide bonds. The SMILES string of the molecule is CN1CCN(C(=O)Cn2nc(-c3ccc4c(c3)OCO4)ccc2=O)CC1. The zero-order chi connectivity index (χ0) is 18.1. The number of ether oxygens (including phenoxy) is 2. The summed E-state index contributed by atoms with van der Waals surface area (Å²) in [6.45, 7) is 3.17. The van der Waals surface area contributed by atoms with Gasteiger partial charge in [-0.3, -0.25) is 9.59 Å². The highest BCUT2D eigenvalue weighted by Gasteiger charge is 2.20. The third kappa shape index (κ3) is 3.28. The second kappa shape index (κ2) is 6.80. The van der Waals surface area contributed by atoms with Gasteiger partial charge in [0, 0.05) is 37.8 Å². The molecule has 0 unspecified atom stereocenters. The van der Waals surface area contributed by atoms with Crippen LogP contribution in [0.25, 0.3) is 11.3 Å². The summed E-state index contributed by atoms with van der Waals surface area (Å²) in [5.41, 5.74) is 1.11. The highest BCUT2D eigenvalue weighted by Crippen LogP contribution is 2.35. The van der Waals surface area contributed by atoms with Crippen LogP contribution in [0.4, 0.5) is 0 Å². The lowest BCUT2D eigenvalue weighted by Crippen LogP contribution is -2.48. The van der Waals surface area contributed by atoms with Gasteiger partial charge < -0.3 is 19.3 Å². The van der Waals surface area contributed by atoms with Crippen molar-refractivity contribution in [3.63, 3.8) is 0 Å². The maximum absolute atomic E-state index is 12.5. The minimum Gasteiger partial charge on any atom is -0.454 e. The number of likely N-dealkylation sites (N-methyl/N-ethyl adjacent to an activating group) is 1. The number of amides is 1. The molecule has 8 nitrogen and oxygen atoms in total. The van der Waals surface area contributed by atoms with Crippen LogP contribution in [-0.4, -0.2) is 65.5 Å². The number of carbonyl (C=O) groups is 1. The molecule has 2 aliphatic heterocycles. The molecule has 26 heavy (non-hydrogen) atoms. The van der Waals surface area contributed by atoms with Crippen molar-refractivity contribution >= 4 is 5.91 Å². The van der Waals surface area contributed by atoms with Crippen molar-refractivity contribution in [2.45, 2.75) is 6.54 Å². The van der Waals surface area contributed by atoms with E-state index in [1.54, 1.807) is 11.0 Å². The van der Waals surface area contributed by atoms with Gasteiger partial charge in [0.2, 0.25) is 12.7 Å². The smallest absolute Gasteiger partial charge is 0.267 e. The minimum absolute atomic E-state index is 0.0546. The normalized spacial score (nSPS) is 16.7. The molecular formula is C18H20N4O4. The third-order valence-corrected chi connectivity index (χ3v) is 4.68. The van der Waals surface area contributed by atoms with E-state index in [0.29, 0.717) is 30.3 Å². The van der Waals surface area contributed by atoms with Gasteiger partial charge in [-0.05, 0) is 31.3 Å². The topological polar surface area (TPSA) is 76.9 Å². The average molecular weight is 356 g/mol. The number of hydrogen-bond donors (Lipinski definition) is 0. The maximum Gasteiger partial charge on any atom is 0.267 e. The molecule has 0 spiro atoms. The summed E-state index contributed by atoms with van der Waals surface area (Å²) >= 11 is 0. The van der Waals surface area contributed by atoms with E-state index < -0.39 is 0 Å². The van der Waals surface area contributed by atoms with Gasteiger partial charge in [-0.25, -0.2) is 4.68 Å². The van der Waals surface area contributed by atoms with E-state index in [2.05, 4.69) is 10.00 Å². The van der Waals surface area contributed by atoms with Crippen molar-refractivity contribution in [3.05, 3.63) is 40.7 Å². The lowest BCUT2D eigenvalue weighted by atomic mass is 10.1. The Balaban J connectivity index is 1.55. The Hall–Kier alpha value is -2.87. The number of carbonyl (C=O) groups excluding carboxylic acids is 1. The van der Waals surface area contributed by atoms with Crippen molar-refractivity contribution < 1.29 is 14.3 Å². The quantitative estimate of drug-likeness (QED) is 0.793. The Morgan fingerprint density at radius 2 is 1.85 bits per heavy atom. The lowest BCUT2D eigenvalue weighted by Gasteiger charge is -2.32. The summed E-state index contributed by atoms with van der Waals surface area (Å²) in [7, 11) is 2.03. The zero-order valence-corrected chi connectivity index (χ0v) is 14.6. The second-order valence-corrected chi connectivity index (χ2v) is 6.47. The first kappa shape index (κ1) is 16.6. The molecule has 4 rings (SSSR count). The molecule has 1 saturated heterocycles. The van der Waals surface area contributed by atoms with Crippen molar-refractivity contribution in [1.29, 1.82) is 0 Å². The van der Waals surface area contributed by atoms with Crippen LogP contribution in [0.1, 0.15) is 0 Å². The van der Waals surface area contributed by atoms with Crippen LogP contribution in [0.3, 0.4) is 0 Å². The highest BCUT2D eigenvalue weighted by atomic mass is 16.7. The Bertz CT molecular complexity index is 887. The van der Waals surface area contributed by atoms with Crippen LogP contribution in [-0.2, 0) is 11.3 Å². The first-order chi connectivity index (χ1) is 12.6. The largest absolute Gasteiger partial charge is 0.454 e. The molecule has 2 aliphatic rings. The fourth-order valence-electron chi connectivity index (χ4n) is 3.06. The number of aromatic nitrogens is 2. The fourth-order valence-corrected chi connectivity index (χ4v) is 3.06. The molecule has 0 radical (unpaired) electrons. The summed E-state index contributed by atoms with van der Waals surface area (Å²) in [6, 6.07) is 8.57. The van der Waals surface area contributed by atoms with Gasteiger partial charge >= 0.3 is 0 Å². The molecule has 2 aromatic rings. The van der Waals surface area contributed by atoms with E-state index in [9.17, 15) is 9.59 Å². The van der Waals surface area contributed by atoms with Gasteiger partial charge in [0.05, 0.1) is 5.69 Å². The predicted molar refractivity (Wildman–Crippen MR) is 94.1 cm³/mol. The molecule has 1 aromatic carbocycles. The van der Waals surface area contributed by atoms with Crippen LogP contribution in [0.5, 0.6) is 11.5 Å². The Morgan fingerprint density at radius 1 is 1.08 bits per heavy atom. The molecule has 1 fully saturated rings. The minimum atomic E-state index is -0.294. The predicted octanol–water partition coefficient (Wildman–Crippen LogP) is 0.413. The molecule has 0 bridgehead atoms. The Kier molecular flexibility index (Phi) is 4.34. The van der Waals surface area contributed by atoms with Crippen molar-refractivity contribution in [2.75, 3.05) is 40.0 Å². The second-order valence-electron chi connectivity index (χ2n) is 6.47. The molecule has 0 N–H and O–H groups in total. The van der Waals surface area contributed by atoms with E-state index in [1.807, 2.05) is 25.2 Å². The van der Waals surface area contributed by atoms with Crippen LogP contribution in [0, 0.1) is 0 Å². The number of fused-ring (bicyclic) bond motifs is 1. The zero-order valence-electron chi connectivity index (χ0n) is 14.6. The van der Waals surface area contributed by atoms with E-state index in [-0.39, 0.29) is 24.8 Å². The van der Waals surface area contributed by atoms with Gasteiger partial charge in [-0.15, -0.1) is 0 Å². The standard InChI is InChI=1S/C18H20N4O4/c1-20-6-8-21(9-7-20)18(24)11-22-17(23)5-3-14(19-22)13-2-4-15-16(10-13)26-12-25-15/h2-5,10H,6-9,11-12H2,1H3. The Labute approximate surface area is 150 Å². The van der Waals surface area contributed by atoms with Crippen LogP contribution >= 0.6 is 0 Å². The summed E-state index contributed by atoms with van der Waals surface area (Å²) < 4.78 is 11.9. The number of hydrogen-bond acceptors (Lipinski definition) is 6. The molecule has 3 heterocycles. The molecular weight excluding hydrogens is 336 g/mol. The monoisotopic (exact) mass is 356 g/mol. The molecule has 0 atom stereocenters. The number of piperazine rings is 1. The highest BCUT2D eigenvalue weighted by molar-refractivity contribution is 5.76. The molecule has 0 aliphatic carbocycles. The van der Waals surface area contributed by atoms with Crippen LogP contribution in [0.15, 0.2) is 35.1 Å². The first-order valence-corrected chi connectivity index (χ1v) is 8.55. The number of rotatable bonds is 3. The van der Waals surface area contributed by atoms with Crippen LogP contribution in [0.2, 0.25) is 0 Å². The van der Waals surface area contributed by atoms with E-state index in [0.717, 1.165) is 18.7 Å². The van der Waals surface area contributed by atoms with Gasteiger partial charge in [0.1, 0.15) is 6.54 Å². The van der Waals surface area contributed by atoms with E-state index in [4.69, 9.17) is 9.47 Å². The van der Waals surface area contributed by atoms with Crippen LogP contribution < -0.4 is 15.0 Å². The lowest BCUT2D eigenvalue weighted by molar-refractivity contribution is -0.133. The Morgan fingerprint density at radius 3 is 2.65 bits per heavy atom. The maximum atomic E-state index is 12.5. The molecule has 8 heteroatoms. The van der Waals surface area contributed by atoms with Crippen molar-refractivity contribution in [1.82, 2.24) is 19.6 Å². The summed E-state index contributed by atoms with van der Waals surface area (Å²) in [6.07, 6.45) is 0. The van der Waals surface area contributed by atoms with Gasteiger partial charge in [-0.1, -0.05) is 0 Å². The first-order valence-electron chi connectivity index (χ1n) is 8.55. The van der Waals surface area contributed by atoms with Gasteiger partial charge in [0.15, 0.2) is 11.5 Å². The molecule has 136 valence electrons. The fraction of sp³-hybridized carbons (Fsp3) is 0.389. The van der Waals surface area contributed by atoms with E-state index in [1.165, 1.54) is 10.7 Å². The number of nitrogens with zero attached hydrogens (tertiary/aromatic N) is 4. The van der Waals surface area contributed by atoms with Gasteiger partial charge in [0.25, 0.3) is 5.56 Å². The molecule has 1 aromatic heterocycles. The third-order valence-electron chi connectivity index (χ3n) is 4.68. The van der Waals surface area contributed by atoms with Crippen molar-refractivity contribution in [2.24, 2.45) is 0 Å². The van der Waals surface area contributed by atoms with E-state index >= 15 is 0 Å². The number of benzene rings is 1. The van der Waals surface area contributed by atoms with Crippen molar-refractivity contribution in [3.8, 4) is 22.8 Å². The summed E-state index contributed by atoms with van der Waals surface area (Å²) in [5, 5.41) is 4.37. The van der Waals surface area contributed by atoms with Gasteiger partial charge in [-0.2, -0.15) is 5.10 Å². The molecule has 0 saturated carbocycles. The summed E-state index contributed by atoms with van der Waals surface area (Å²) in [4.78, 5) is 28.6. The summed E-state index contributed by atoms with van der Waals surface area (Å²) in [5.74, 6) is 1.25.